The molecule has 0 bridgehead atoms. The summed E-state index contributed by atoms with van der Waals surface area (Å²) in [6, 6.07) is 0. The molecule has 0 saturated carbocycles. The maximum Gasteiger partial charge on any atom is 0.0850 e. The van der Waals surface area contributed by atoms with Crippen LogP contribution in [0.15, 0.2) is 0 Å². The van der Waals surface area contributed by atoms with Crippen LogP contribution in [0.3, 0.4) is 0 Å². The minimum atomic E-state index is -1.06. The van der Waals surface area contributed by atoms with Gasteiger partial charge >= 0.3 is 0 Å². The van der Waals surface area contributed by atoms with Crippen LogP contribution in [0.5, 0.6) is 0 Å². The first kappa shape index (κ1) is 10.9. The highest BCUT2D eigenvalue weighted by atomic mass is 16.3. The Balaban J connectivity index is 3.70. The van der Waals surface area contributed by atoms with E-state index < -0.39 is 11.2 Å². The van der Waals surface area contributed by atoms with E-state index >= 15 is 0 Å². The topological polar surface area (TPSA) is 60.7 Å². The van der Waals surface area contributed by atoms with E-state index in [-0.39, 0.29) is 6.61 Å². The zero-order valence-corrected chi connectivity index (χ0v) is 7.46. The smallest absolute Gasteiger partial charge is 0.0850 e. The molecule has 1 unspecified atom stereocenters. The molecular formula is C8H18O3. The molecule has 0 saturated heterocycles. The van der Waals surface area contributed by atoms with Crippen molar-refractivity contribution in [1.82, 2.24) is 0 Å². The summed E-state index contributed by atoms with van der Waals surface area (Å²) in [6.07, 6.45) is 0.896. The first-order valence-electron chi connectivity index (χ1n) is 3.82. The lowest BCUT2D eigenvalue weighted by Crippen LogP contribution is -2.32. The summed E-state index contributed by atoms with van der Waals surface area (Å²) in [7, 11) is 0. The zero-order chi connectivity index (χ0) is 9.12. The molecule has 68 valence electrons. The van der Waals surface area contributed by atoms with E-state index in [2.05, 4.69) is 0 Å². The van der Waals surface area contributed by atoms with Crippen molar-refractivity contribution in [2.24, 2.45) is 0 Å². The summed E-state index contributed by atoms with van der Waals surface area (Å²) >= 11 is 0. The summed E-state index contributed by atoms with van der Waals surface area (Å²) in [4.78, 5) is 0. The van der Waals surface area contributed by atoms with Gasteiger partial charge in [-0.15, -0.1) is 0 Å². The van der Waals surface area contributed by atoms with Crippen LogP contribution in [0.2, 0.25) is 0 Å². The van der Waals surface area contributed by atoms with Crippen LogP contribution in [0.1, 0.15) is 33.6 Å². The lowest BCUT2D eigenvalue weighted by molar-refractivity contribution is -0.0283. The second-order valence-corrected chi connectivity index (χ2v) is 3.97. The molecule has 0 spiro atoms. The Morgan fingerprint density at radius 3 is 1.73 bits per heavy atom. The summed E-state index contributed by atoms with van der Waals surface area (Å²) in [5, 5.41) is 27.3. The van der Waals surface area contributed by atoms with Gasteiger partial charge in [0.2, 0.25) is 0 Å². The van der Waals surface area contributed by atoms with Crippen LogP contribution in [0.25, 0.3) is 0 Å². The summed E-state index contributed by atoms with van der Waals surface area (Å²) in [5.41, 5.74) is -1.82. The molecule has 11 heavy (non-hydrogen) atoms. The zero-order valence-electron chi connectivity index (χ0n) is 7.46. The van der Waals surface area contributed by atoms with Gasteiger partial charge in [-0.3, -0.25) is 0 Å². The van der Waals surface area contributed by atoms with E-state index in [1.807, 2.05) is 0 Å². The summed E-state index contributed by atoms with van der Waals surface area (Å²) in [6.45, 7) is 4.66. The van der Waals surface area contributed by atoms with Gasteiger partial charge in [-0.1, -0.05) is 0 Å². The molecule has 0 aromatic rings. The molecule has 3 N–H and O–H groups in total. The number of hydrogen-bond acceptors (Lipinski definition) is 3. The normalized spacial score (nSPS) is 18.0. The van der Waals surface area contributed by atoms with Crippen molar-refractivity contribution in [2.75, 3.05) is 6.61 Å². The van der Waals surface area contributed by atoms with E-state index in [9.17, 15) is 10.2 Å². The van der Waals surface area contributed by atoms with Crippen molar-refractivity contribution in [3.8, 4) is 0 Å². The van der Waals surface area contributed by atoms with Crippen molar-refractivity contribution in [1.29, 1.82) is 0 Å². The first-order chi connectivity index (χ1) is 4.77. The van der Waals surface area contributed by atoms with Gasteiger partial charge in [0.05, 0.1) is 17.8 Å². The number of aliphatic hydroxyl groups is 3. The maximum atomic E-state index is 9.33. The van der Waals surface area contributed by atoms with Gasteiger partial charge < -0.3 is 15.3 Å². The Kier molecular flexibility index (Phi) is 3.48. The Labute approximate surface area is 67.7 Å². The molecule has 0 rings (SSSR count). The van der Waals surface area contributed by atoms with Gasteiger partial charge in [0.1, 0.15) is 0 Å². The SMILES string of the molecule is CC(C)(O)CCC(C)(O)CO. The van der Waals surface area contributed by atoms with Gasteiger partial charge in [0.25, 0.3) is 0 Å². The fraction of sp³-hybridized carbons (Fsp3) is 1.00. The molecule has 0 aromatic carbocycles. The van der Waals surface area contributed by atoms with Gasteiger partial charge in [0.15, 0.2) is 0 Å². The predicted octanol–water partition coefficient (Wildman–Crippen LogP) is 0.281. The molecule has 0 amide bonds. The molecule has 0 heterocycles. The molecule has 0 aliphatic carbocycles. The van der Waals surface area contributed by atoms with Crippen molar-refractivity contribution in [3.63, 3.8) is 0 Å². The van der Waals surface area contributed by atoms with Crippen LogP contribution in [-0.4, -0.2) is 33.1 Å². The third-order valence-corrected chi connectivity index (χ3v) is 1.62. The van der Waals surface area contributed by atoms with Crippen LogP contribution in [-0.2, 0) is 0 Å². The van der Waals surface area contributed by atoms with Gasteiger partial charge in [-0.25, -0.2) is 0 Å². The fourth-order valence-corrected chi connectivity index (χ4v) is 0.654. The van der Waals surface area contributed by atoms with Crippen molar-refractivity contribution < 1.29 is 15.3 Å². The average Bonchev–Trinajstić information content (AvgIpc) is 1.83. The molecule has 3 heteroatoms. The quantitative estimate of drug-likeness (QED) is 0.556. The third-order valence-electron chi connectivity index (χ3n) is 1.62. The van der Waals surface area contributed by atoms with Crippen molar-refractivity contribution >= 4 is 0 Å². The minimum Gasteiger partial charge on any atom is -0.393 e. The predicted molar refractivity (Wildman–Crippen MR) is 43.2 cm³/mol. The highest BCUT2D eigenvalue weighted by Crippen LogP contribution is 2.18. The van der Waals surface area contributed by atoms with Gasteiger partial charge in [-0.05, 0) is 33.6 Å². The second-order valence-electron chi connectivity index (χ2n) is 3.97. The van der Waals surface area contributed by atoms with Crippen LogP contribution < -0.4 is 0 Å². The molecule has 1 atom stereocenters. The average molecular weight is 162 g/mol. The van der Waals surface area contributed by atoms with Gasteiger partial charge in [-0.2, -0.15) is 0 Å². The number of rotatable bonds is 4. The Hall–Kier alpha value is -0.120. The van der Waals surface area contributed by atoms with E-state index in [4.69, 9.17) is 5.11 Å². The molecule has 3 nitrogen and oxygen atoms in total. The van der Waals surface area contributed by atoms with E-state index in [0.717, 1.165) is 0 Å². The van der Waals surface area contributed by atoms with Crippen LogP contribution >= 0.6 is 0 Å². The van der Waals surface area contributed by atoms with Gasteiger partial charge in [0, 0.05) is 0 Å². The fourth-order valence-electron chi connectivity index (χ4n) is 0.654. The molecule has 0 aliphatic heterocycles. The lowest BCUT2D eigenvalue weighted by Gasteiger charge is -2.24. The number of aliphatic hydroxyl groups excluding tert-OH is 1. The molecule has 0 fully saturated rings. The van der Waals surface area contributed by atoms with Crippen molar-refractivity contribution in [3.05, 3.63) is 0 Å². The van der Waals surface area contributed by atoms with Crippen LogP contribution in [0.4, 0.5) is 0 Å². The largest absolute Gasteiger partial charge is 0.393 e. The maximum absolute atomic E-state index is 9.33. The Bertz CT molecular complexity index is 113. The molecule has 0 aliphatic rings. The number of hydrogen-bond donors (Lipinski definition) is 3. The van der Waals surface area contributed by atoms with E-state index in [1.165, 1.54) is 0 Å². The van der Waals surface area contributed by atoms with Crippen LogP contribution in [0, 0.1) is 0 Å². The monoisotopic (exact) mass is 162 g/mol. The summed E-state index contributed by atoms with van der Waals surface area (Å²) < 4.78 is 0. The minimum absolute atomic E-state index is 0.261. The van der Waals surface area contributed by atoms with E-state index in [0.29, 0.717) is 12.8 Å². The highest BCUT2D eigenvalue weighted by Gasteiger charge is 2.23. The summed E-state index contributed by atoms with van der Waals surface area (Å²) in [5.74, 6) is 0. The van der Waals surface area contributed by atoms with E-state index in [1.54, 1.807) is 20.8 Å². The molecule has 0 radical (unpaired) electrons. The highest BCUT2D eigenvalue weighted by molar-refractivity contribution is 4.76. The molecule has 0 aromatic heterocycles. The second kappa shape index (κ2) is 3.52. The standard InChI is InChI=1S/C8H18O3/c1-7(2,10)4-5-8(3,11)6-9/h9-11H,4-6H2,1-3H3. The van der Waals surface area contributed by atoms with Crippen molar-refractivity contribution in [2.45, 2.75) is 44.8 Å². The first-order valence-corrected chi connectivity index (χ1v) is 3.82. The Morgan fingerprint density at radius 1 is 1.00 bits per heavy atom. The lowest BCUT2D eigenvalue weighted by atomic mass is 9.93. The Morgan fingerprint density at radius 2 is 1.45 bits per heavy atom. The third kappa shape index (κ3) is 6.28. The molecular weight excluding hydrogens is 144 g/mol.